The van der Waals surface area contributed by atoms with Gasteiger partial charge < -0.3 is 25.1 Å². The van der Waals surface area contributed by atoms with Crippen molar-refractivity contribution in [3.05, 3.63) is 82.0 Å². The summed E-state index contributed by atoms with van der Waals surface area (Å²) in [7, 11) is 0. The van der Waals surface area contributed by atoms with Gasteiger partial charge in [-0.3, -0.25) is 0 Å². The van der Waals surface area contributed by atoms with E-state index in [0.717, 1.165) is 5.56 Å². The predicted octanol–water partition coefficient (Wildman–Crippen LogP) is 5.39. The van der Waals surface area contributed by atoms with Crippen LogP contribution in [0.1, 0.15) is 17.0 Å². The zero-order chi connectivity index (χ0) is 27.2. The number of hydrogen-bond donors (Lipinski definition) is 3. The lowest BCUT2D eigenvalue weighted by Crippen LogP contribution is -2.21. The average molecular weight is 548 g/mol. The van der Waals surface area contributed by atoms with E-state index >= 15 is 0 Å². The molecule has 4 rings (SSSR count). The summed E-state index contributed by atoms with van der Waals surface area (Å²) in [4.78, 5) is 12.5. The molecule has 0 radical (unpaired) electrons. The first kappa shape index (κ1) is 27.0. The molecule has 11 heteroatoms. The number of nitrogen functional groups attached to an aromatic ring is 1. The predicted molar refractivity (Wildman–Crippen MR) is 145 cm³/mol. The third kappa shape index (κ3) is 5.91. The Balaban J connectivity index is 1.63. The van der Waals surface area contributed by atoms with Gasteiger partial charge >= 0.3 is 0 Å². The molecule has 0 unspecified atom stereocenters. The summed E-state index contributed by atoms with van der Waals surface area (Å²) in [6.07, 6.45) is -0.996. The van der Waals surface area contributed by atoms with Crippen LogP contribution in [0, 0.1) is 24.8 Å². The highest BCUT2D eigenvalue weighted by atomic mass is 35.5. The number of benzene rings is 2. The summed E-state index contributed by atoms with van der Waals surface area (Å²) >= 11 is 7.24. The van der Waals surface area contributed by atoms with Crippen molar-refractivity contribution in [2.45, 2.75) is 23.8 Å². The summed E-state index contributed by atoms with van der Waals surface area (Å²) < 4.78 is 11.3. The number of aryl methyl sites for hydroxylation is 1. The van der Waals surface area contributed by atoms with Crippen molar-refractivity contribution >= 4 is 34.9 Å². The molecule has 0 aliphatic heterocycles. The highest BCUT2D eigenvalue weighted by Gasteiger charge is 2.22. The van der Waals surface area contributed by atoms with Crippen molar-refractivity contribution in [1.82, 2.24) is 9.97 Å². The molecule has 0 fully saturated rings. The zero-order valence-electron chi connectivity index (χ0n) is 20.2. The number of ether oxygens (including phenoxy) is 1. The maximum Gasteiger partial charge on any atom is 0.236 e. The molecule has 9 nitrogen and oxygen atoms in total. The van der Waals surface area contributed by atoms with Gasteiger partial charge in [0, 0.05) is 21.9 Å². The largest absolute Gasteiger partial charge is 0.491 e. The van der Waals surface area contributed by atoms with Crippen LogP contribution in [-0.2, 0) is 5.75 Å². The van der Waals surface area contributed by atoms with Gasteiger partial charge in [-0.05, 0) is 48.9 Å². The number of aliphatic hydroxyl groups excluding tert-OH is 2. The first-order valence-corrected chi connectivity index (χ1v) is 12.7. The average Bonchev–Trinajstić information content (AvgIpc) is 3.30. The first-order valence-electron chi connectivity index (χ1n) is 11.3. The Morgan fingerprint density at radius 1 is 1.18 bits per heavy atom. The Bertz CT molecular complexity index is 1530. The first-order chi connectivity index (χ1) is 18.3. The second kappa shape index (κ2) is 12.0. The lowest BCUT2D eigenvalue weighted by Gasteiger charge is -2.14. The molecule has 1 atom stereocenters. The van der Waals surface area contributed by atoms with E-state index in [-0.39, 0.29) is 23.7 Å². The van der Waals surface area contributed by atoms with Crippen LogP contribution in [0.15, 0.2) is 58.0 Å². The van der Waals surface area contributed by atoms with Gasteiger partial charge in [0.25, 0.3) is 0 Å². The summed E-state index contributed by atoms with van der Waals surface area (Å²) in [5.41, 5.74) is 8.88. The number of nitrogens with two attached hydrogens (primary N) is 1. The Labute approximate surface area is 228 Å². The summed E-state index contributed by atoms with van der Waals surface area (Å²) in [6.45, 7) is 8.97. The number of nitriles is 1. The minimum absolute atomic E-state index is 0.0154. The maximum absolute atomic E-state index is 10.1. The molecule has 4 aromatic rings. The van der Waals surface area contributed by atoms with E-state index in [9.17, 15) is 10.4 Å². The molecule has 0 amide bonds. The quantitative estimate of drug-likeness (QED) is 0.185. The molecule has 0 saturated heterocycles. The number of aliphatic hydroxyl groups is 2. The van der Waals surface area contributed by atoms with Crippen molar-refractivity contribution in [2.24, 2.45) is 0 Å². The zero-order valence-corrected chi connectivity index (χ0v) is 21.8. The second-order valence-corrected chi connectivity index (χ2v) is 9.51. The summed E-state index contributed by atoms with van der Waals surface area (Å²) in [6, 6.07) is 16.0. The standard InChI is InChI=1S/C27H22ClN5O4S/c1-15-22(32-26(37-15)17-3-7-18(28)8-4-17)14-38-27-21(11-29)23(24(31-2)25(30)33-27)16-5-9-20(10-6-16)36-13-19(35)12-34/h3-10,19,34-35H,12-14H2,1H3,(H2,30,33)/t19-/m0/s1. The van der Waals surface area contributed by atoms with Crippen molar-refractivity contribution < 1.29 is 19.4 Å². The fourth-order valence-corrected chi connectivity index (χ4v) is 4.67. The van der Waals surface area contributed by atoms with Gasteiger partial charge in [0.1, 0.15) is 41.1 Å². The van der Waals surface area contributed by atoms with Crippen LogP contribution in [0.5, 0.6) is 5.75 Å². The molecule has 4 N–H and O–H groups in total. The fourth-order valence-electron chi connectivity index (χ4n) is 3.55. The molecule has 2 aromatic carbocycles. The van der Waals surface area contributed by atoms with E-state index < -0.39 is 12.7 Å². The van der Waals surface area contributed by atoms with Gasteiger partial charge in [-0.25, -0.2) is 14.8 Å². The molecular weight excluding hydrogens is 526 g/mol. The topological polar surface area (TPSA) is 143 Å². The van der Waals surface area contributed by atoms with Gasteiger partial charge in [-0.1, -0.05) is 35.5 Å². The molecule has 2 aromatic heterocycles. The van der Waals surface area contributed by atoms with E-state index in [4.69, 9.17) is 38.2 Å². The monoisotopic (exact) mass is 547 g/mol. The normalized spacial score (nSPS) is 11.5. The van der Waals surface area contributed by atoms with Crippen LogP contribution >= 0.6 is 23.4 Å². The molecule has 0 aliphatic carbocycles. The lowest BCUT2D eigenvalue weighted by molar-refractivity contribution is 0.0536. The molecule has 38 heavy (non-hydrogen) atoms. The third-order valence-electron chi connectivity index (χ3n) is 5.51. The van der Waals surface area contributed by atoms with Crippen molar-refractivity contribution in [1.29, 1.82) is 5.26 Å². The number of hydrogen-bond acceptors (Lipinski definition) is 9. The molecule has 0 aliphatic rings. The molecule has 192 valence electrons. The summed E-state index contributed by atoms with van der Waals surface area (Å²) in [5, 5.41) is 29.5. The van der Waals surface area contributed by atoms with Crippen molar-refractivity contribution in [3.8, 4) is 34.4 Å². The van der Waals surface area contributed by atoms with Crippen LogP contribution < -0.4 is 10.5 Å². The van der Waals surface area contributed by atoms with Crippen LogP contribution in [0.25, 0.3) is 27.4 Å². The number of halogens is 1. The number of oxazole rings is 1. The van der Waals surface area contributed by atoms with E-state index in [0.29, 0.717) is 50.0 Å². The van der Waals surface area contributed by atoms with Crippen LogP contribution in [0.3, 0.4) is 0 Å². The van der Waals surface area contributed by atoms with E-state index in [2.05, 4.69) is 20.9 Å². The Kier molecular flexibility index (Phi) is 8.52. The molecule has 0 saturated carbocycles. The Morgan fingerprint density at radius 2 is 1.87 bits per heavy atom. The number of rotatable bonds is 9. The van der Waals surface area contributed by atoms with E-state index in [1.54, 1.807) is 36.4 Å². The smallest absolute Gasteiger partial charge is 0.236 e. The van der Waals surface area contributed by atoms with E-state index in [1.807, 2.05) is 19.1 Å². The van der Waals surface area contributed by atoms with Crippen LogP contribution in [0.4, 0.5) is 11.5 Å². The van der Waals surface area contributed by atoms with Gasteiger partial charge in [-0.15, -0.1) is 0 Å². The number of aromatic nitrogens is 2. The minimum atomic E-state index is -0.996. The minimum Gasteiger partial charge on any atom is -0.491 e. The van der Waals surface area contributed by atoms with Crippen molar-refractivity contribution in [2.75, 3.05) is 18.9 Å². The highest BCUT2D eigenvalue weighted by molar-refractivity contribution is 7.98. The van der Waals surface area contributed by atoms with Gasteiger partial charge in [0.15, 0.2) is 0 Å². The number of nitrogens with zero attached hydrogens (tertiary/aromatic N) is 4. The second-order valence-electron chi connectivity index (χ2n) is 8.11. The molecule has 0 bridgehead atoms. The number of pyridine rings is 1. The number of anilines is 1. The highest BCUT2D eigenvalue weighted by Crippen LogP contribution is 2.42. The van der Waals surface area contributed by atoms with Gasteiger partial charge in [0.2, 0.25) is 11.6 Å². The van der Waals surface area contributed by atoms with Gasteiger partial charge in [0.05, 0.1) is 24.4 Å². The number of thioether (sulfide) groups is 1. The molecule has 2 heterocycles. The Morgan fingerprint density at radius 3 is 2.50 bits per heavy atom. The SMILES string of the molecule is [C-]#[N+]c1c(N)nc(SCc2nc(-c3ccc(Cl)cc3)oc2C)c(C#N)c1-c1ccc(OC[C@@H](O)CO)cc1. The lowest BCUT2D eigenvalue weighted by atomic mass is 10.00. The molecular formula is C27H22ClN5O4S. The summed E-state index contributed by atoms with van der Waals surface area (Å²) in [5.74, 6) is 1.93. The van der Waals surface area contributed by atoms with Crippen molar-refractivity contribution in [3.63, 3.8) is 0 Å². The van der Waals surface area contributed by atoms with Crippen LogP contribution in [0.2, 0.25) is 5.02 Å². The Hall–Kier alpha value is -4.06. The van der Waals surface area contributed by atoms with Gasteiger partial charge in [-0.2, -0.15) is 5.26 Å². The van der Waals surface area contributed by atoms with E-state index in [1.165, 1.54) is 11.8 Å². The maximum atomic E-state index is 10.1. The molecule has 0 spiro atoms. The third-order valence-corrected chi connectivity index (χ3v) is 6.75. The fraction of sp³-hybridized carbons (Fsp3) is 0.185. The van der Waals surface area contributed by atoms with Crippen LogP contribution in [-0.4, -0.2) is 39.5 Å².